The van der Waals surface area contributed by atoms with E-state index in [1.165, 1.54) is 15.6 Å². The lowest BCUT2D eigenvalue weighted by Crippen LogP contribution is -2.33. The van der Waals surface area contributed by atoms with Crippen LogP contribution in [0.3, 0.4) is 0 Å². The van der Waals surface area contributed by atoms with Crippen LogP contribution in [0.25, 0.3) is 0 Å². The maximum absolute atomic E-state index is 12.4. The van der Waals surface area contributed by atoms with Crippen molar-refractivity contribution in [2.45, 2.75) is 24.5 Å². The quantitative estimate of drug-likeness (QED) is 0.518. The molecule has 0 aliphatic rings. The van der Waals surface area contributed by atoms with Gasteiger partial charge >= 0.3 is 0 Å². The Morgan fingerprint density at radius 2 is 2.11 bits per heavy atom. The van der Waals surface area contributed by atoms with Gasteiger partial charge in [-0.05, 0) is 25.5 Å². The summed E-state index contributed by atoms with van der Waals surface area (Å²) in [6.07, 6.45) is 0.701. The van der Waals surface area contributed by atoms with Gasteiger partial charge in [-0.15, -0.1) is 22.9 Å². The van der Waals surface area contributed by atoms with Gasteiger partial charge in [-0.3, -0.25) is 0 Å². The number of nitrogens with zero attached hydrogens (tertiary/aromatic N) is 1. The molecule has 0 aliphatic heterocycles. The summed E-state index contributed by atoms with van der Waals surface area (Å²) < 4.78 is 31.9. The minimum Gasteiger partial charge on any atom is -0.380 e. The minimum atomic E-state index is -3.40. The van der Waals surface area contributed by atoms with Crippen LogP contribution in [0, 0.1) is 0 Å². The SMILES string of the molecule is CCOCCN(CC)S(=O)(=O)c1ccc(CCCl)s1. The van der Waals surface area contributed by atoms with Crippen molar-refractivity contribution in [3.63, 3.8) is 0 Å². The molecule has 0 fully saturated rings. The van der Waals surface area contributed by atoms with Gasteiger partial charge in [-0.1, -0.05) is 6.92 Å². The number of likely N-dealkylation sites (N-methyl/N-ethyl adjacent to an activating group) is 1. The summed E-state index contributed by atoms with van der Waals surface area (Å²) in [5.74, 6) is 0.502. The third-order valence-electron chi connectivity index (χ3n) is 2.61. The van der Waals surface area contributed by atoms with Crippen molar-refractivity contribution in [2.24, 2.45) is 0 Å². The zero-order valence-corrected chi connectivity index (χ0v) is 13.7. The van der Waals surface area contributed by atoms with E-state index in [9.17, 15) is 8.42 Å². The zero-order valence-electron chi connectivity index (χ0n) is 11.3. The van der Waals surface area contributed by atoms with Gasteiger partial charge in [0.05, 0.1) is 6.61 Å². The molecular weight excluding hydrogens is 306 g/mol. The summed E-state index contributed by atoms with van der Waals surface area (Å²) >= 11 is 6.96. The molecule has 0 unspecified atom stereocenters. The molecule has 19 heavy (non-hydrogen) atoms. The van der Waals surface area contributed by atoms with E-state index >= 15 is 0 Å². The van der Waals surface area contributed by atoms with Crippen molar-refractivity contribution in [3.8, 4) is 0 Å². The molecule has 0 saturated heterocycles. The highest BCUT2D eigenvalue weighted by Crippen LogP contribution is 2.25. The molecule has 110 valence electrons. The Labute approximate surface area is 124 Å². The lowest BCUT2D eigenvalue weighted by molar-refractivity contribution is 0.135. The van der Waals surface area contributed by atoms with Crippen LogP contribution in [-0.4, -0.2) is 44.9 Å². The highest BCUT2D eigenvalue weighted by atomic mass is 35.5. The van der Waals surface area contributed by atoms with Crippen LogP contribution in [0.15, 0.2) is 16.3 Å². The summed E-state index contributed by atoms with van der Waals surface area (Å²) in [4.78, 5) is 0.995. The fourth-order valence-corrected chi connectivity index (χ4v) is 4.87. The molecule has 0 saturated carbocycles. The highest BCUT2D eigenvalue weighted by molar-refractivity contribution is 7.91. The molecule has 0 aromatic carbocycles. The van der Waals surface area contributed by atoms with Crippen molar-refractivity contribution in [2.75, 3.05) is 32.2 Å². The first kappa shape index (κ1) is 16.9. The van der Waals surface area contributed by atoms with Crippen LogP contribution in [0.4, 0.5) is 0 Å². The van der Waals surface area contributed by atoms with Gasteiger partial charge in [0.15, 0.2) is 0 Å². The van der Waals surface area contributed by atoms with Crippen molar-refractivity contribution < 1.29 is 13.2 Å². The molecular formula is C12H20ClNO3S2. The van der Waals surface area contributed by atoms with E-state index in [-0.39, 0.29) is 0 Å². The molecule has 0 amide bonds. The standard InChI is InChI=1S/C12H20ClNO3S2/c1-3-14(9-10-17-4-2)19(15,16)12-6-5-11(18-12)7-8-13/h5-6H,3-4,7-10H2,1-2H3. The number of halogens is 1. The van der Waals surface area contributed by atoms with Gasteiger partial charge in [0.1, 0.15) is 4.21 Å². The summed E-state index contributed by atoms with van der Waals surface area (Å²) in [5.41, 5.74) is 0. The predicted molar refractivity (Wildman–Crippen MR) is 79.7 cm³/mol. The summed E-state index contributed by atoms with van der Waals surface area (Å²) in [7, 11) is -3.40. The molecule has 1 aromatic heterocycles. The van der Waals surface area contributed by atoms with Crippen LogP contribution in [0.5, 0.6) is 0 Å². The second kappa shape index (κ2) is 8.21. The summed E-state index contributed by atoms with van der Waals surface area (Å²) in [6.45, 7) is 5.56. The van der Waals surface area contributed by atoms with Crippen molar-refractivity contribution >= 4 is 33.0 Å². The number of sulfonamides is 1. The Morgan fingerprint density at radius 1 is 1.37 bits per heavy atom. The molecule has 1 rings (SSSR count). The number of hydrogen-bond acceptors (Lipinski definition) is 4. The topological polar surface area (TPSA) is 46.6 Å². The maximum atomic E-state index is 12.4. The average molecular weight is 326 g/mol. The third kappa shape index (κ3) is 4.72. The molecule has 0 atom stereocenters. The van der Waals surface area contributed by atoms with Crippen LogP contribution >= 0.6 is 22.9 Å². The fraction of sp³-hybridized carbons (Fsp3) is 0.667. The number of rotatable bonds is 9. The molecule has 7 heteroatoms. The second-order valence-electron chi connectivity index (χ2n) is 3.85. The van der Waals surface area contributed by atoms with E-state index in [4.69, 9.17) is 16.3 Å². The molecule has 0 N–H and O–H groups in total. The average Bonchev–Trinajstić information content (AvgIpc) is 2.84. The maximum Gasteiger partial charge on any atom is 0.252 e. The van der Waals surface area contributed by atoms with E-state index in [0.29, 0.717) is 42.8 Å². The van der Waals surface area contributed by atoms with Crippen LogP contribution in [0.2, 0.25) is 0 Å². The molecule has 0 radical (unpaired) electrons. The minimum absolute atomic E-state index is 0.381. The van der Waals surface area contributed by atoms with Crippen LogP contribution in [0.1, 0.15) is 18.7 Å². The first-order chi connectivity index (χ1) is 9.06. The highest BCUT2D eigenvalue weighted by Gasteiger charge is 2.24. The molecule has 0 aliphatic carbocycles. The number of ether oxygens (including phenoxy) is 1. The van der Waals surface area contributed by atoms with Gasteiger partial charge < -0.3 is 4.74 Å². The third-order valence-corrected chi connectivity index (χ3v) is 6.39. The van der Waals surface area contributed by atoms with E-state index in [2.05, 4.69) is 0 Å². The van der Waals surface area contributed by atoms with Crippen molar-refractivity contribution in [3.05, 3.63) is 17.0 Å². The largest absolute Gasteiger partial charge is 0.380 e. The first-order valence-corrected chi connectivity index (χ1v) is 9.07. The first-order valence-electron chi connectivity index (χ1n) is 6.28. The molecule has 0 spiro atoms. The Balaban J connectivity index is 2.80. The van der Waals surface area contributed by atoms with E-state index in [0.717, 1.165) is 4.88 Å². The van der Waals surface area contributed by atoms with Gasteiger partial charge in [0, 0.05) is 30.5 Å². The zero-order chi connectivity index (χ0) is 14.3. The Kier molecular flexibility index (Phi) is 7.31. The van der Waals surface area contributed by atoms with E-state index in [1.807, 2.05) is 19.9 Å². The molecule has 4 nitrogen and oxygen atoms in total. The number of thiophene rings is 1. The lowest BCUT2D eigenvalue weighted by Gasteiger charge is -2.19. The molecule has 1 heterocycles. The predicted octanol–water partition coefficient (Wildman–Crippen LogP) is 2.58. The number of aryl methyl sites for hydroxylation is 1. The van der Waals surface area contributed by atoms with Crippen molar-refractivity contribution in [1.82, 2.24) is 4.31 Å². The normalized spacial score (nSPS) is 12.2. The van der Waals surface area contributed by atoms with E-state index in [1.54, 1.807) is 6.07 Å². The summed E-state index contributed by atoms with van der Waals surface area (Å²) in [6, 6.07) is 3.49. The monoisotopic (exact) mass is 325 g/mol. The number of alkyl halides is 1. The van der Waals surface area contributed by atoms with Gasteiger partial charge in [0.2, 0.25) is 0 Å². The Bertz CT molecular complexity index is 473. The van der Waals surface area contributed by atoms with Gasteiger partial charge in [-0.25, -0.2) is 8.42 Å². The fourth-order valence-electron chi connectivity index (χ4n) is 1.61. The summed E-state index contributed by atoms with van der Waals surface area (Å²) in [5, 5.41) is 0. The smallest absolute Gasteiger partial charge is 0.252 e. The number of hydrogen-bond donors (Lipinski definition) is 0. The van der Waals surface area contributed by atoms with Crippen LogP contribution < -0.4 is 0 Å². The van der Waals surface area contributed by atoms with Gasteiger partial charge in [0.25, 0.3) is 10.0 Å². The van der Waals surface area contributed by atoms with Crippen LogP contribution in [-0.2, 0) is 21.2 Å². The lowest BCUT2D eigenvalue weighted by atomic mass is 10.4. The Hall–Kier alpha value is -0.140. The molecule has 0 bridgehead atoms. The molecule has 1 aromatic rings. The second-order valence-corrected chi connectivity index (χ2v) is 7.56. The van der Waals surface area contributed by atoms with Crippen molar-refractivity contribution in [1.29, 1.82) is 0 Å². The van der Waals surface area contributed by atoms with E-state index < -0.39 is 10.0 Å². The van der Waals surface area contributed by atoms with Gasteiger partial charge in [-0.2, -0.15) is 4.31 Å². The Morgan fingerprint density at radius 3 is 2.68 bits per heavy atom.